The molecule has 1 heterocycles. The second-order valence-corrected chi connectivity index (χ2v) is 4.84. The molecule has 1 saturated heterocycles. The fourth-order valence-electron chi connectivity index (χ4n) is 1.82. The fourth-order valence-corrected chi connectivity index (χ4v) is 2.47. The van der Waals surface area contributed by atoms with Crippen LogP contribution in [0.1, 0.15) is 0 Å². The van der Waals surface area contributed by atoms with Gasteiger partial charge in [-0.15, -0.1) is 0 Å². The van der Waals surface area contributed by atoms with E-state index in [1.807, 2.05) is 4.90 Å². The second-order valence-electron chi connectivity index (χ2n) is 3.68. The molecule has 1 aliphatic rings. The molecule has 88 valence electrons. The SMILES string of the molecule is COc1cc(N2CCNCC2)c(F)cc1I. The molecule has 0 amide bonds. The Balaban J connectivity index is 2.31. The summed E-state index contributed by atoms with van der Waals surface area (Å²) in [6.07, 6.45) is 0. The molecule has 3 nitrogen and oxygen atoms in total. The number of halogens is 2. The molecule has 2 rings (SSSR count). The Morgan fingerprint density at radius 2 is 2.06 bits per heavy atom. The summed E-state index contributed by atoms with van der Waals surface area (Å²) >= 11 is 2.08. The maximum absolute atomic E-state index is 13.8. The standard InChI is InChI=1S/C11H14FIN2O/c1-16-11-7-10(8(12)6-9(11)13)15-4-2-14-3-5-15/h6-7,14H,2-5H2,1H3. The molecule has 1 fully saturated rings. The summed E-state index contributed by atoms with van der Waals surface area (Å²) in [6, 6.07) is 3.30. The van der Waals surface area contributed by atoms with Crippen LogP contribution in [0.5, 0.6) is 5.75 Å². The van der Waals surface area contributed by atoms with Gasteiger partial charge in [-0.05, 0) is 28.7 Å². The van der Waals surface area contributed by atoms with Crippen LogP contribution in [0.2, 0.25) is 0 Å². The van der Waals surface area contributed by atoms with Gasteiger partial charge in [0.25, 0.3) is 0 Å². The molecule has 1 aromatic rings. The van der Waals surface area contributed by atoms with Crippen LogP contribution in [0.15, 0.2) is 12.1 Å². The lowest BCUT2D eigenvalue weighted by Crippen LogP contribution is -2.43. The Bertz CT molecular complexity index is 380. The molecule has 0 aromatic heterocycles. The molecular formula is C11H14FIN2O. The van der Waals surface area contributed by atoms with Crippen molar-refractivity contribution in [3.63, 3.8) is 0 Å². The number of hydrogen-bond donors (Lipinski definition) is 1. The first-order chi connectivity index (χ1) is 7.72. The lowest BCUT2D eigenvalue weighted by Gasteiger charge is -2.30. The maximum Gasteiger partial charge on any atom is 0.147 e. The Labute approximate surface area is 108 Å². The molecule has 16 heavy (non-hydrogen) atoms. The van der Waals surface area contributed by atoms with Gasteiger partial charge in [0.1, 0.15) is 11.6 Å². The molecular weight excluding hydrogens is 322 g/mol. The third-order valence-corrected chi connectivity index (χ3v) is 3.52. The third-order valence-electron chi connectivity index (χ3n) is 2.68. The van der Waals surface area contributed by atoms with Gasteiger partial charge in [-0.1, -0.05) is 0 Å². The van der Waals surface area contributed by atoms with Crippen molar-refractivity contribution in [2.45, 2.75) is 0 Å². The lowest BCUT2D eigenvalue weighted by molar-refractivity contribution is 0.410. The van der Waals surface area contributed by atoms with E-state index >= 15 is 0 Å². The molecule has 5 heteroatoms. The summed E-state index contributed by atoms with van der Waals surface area (Å²) in [5, 5.41) is 3.25. The Hall–Kier alpha value is -0.560. The van der Waals surface area contributed by atoms with Gasteiger partial charge < -0.3 is 15.0 Å². The van der Waals surface area contributed by atoms with Crippen LogP contribution in [0.4, 0.5) is 10.1 Å². The van der Waals surface area contributed by atoms with Gasteiger partial charge in [0.2, 0.25) is 0 Å². The topological polar surface area (TPSA) is 24.5 Å². The van der Waals surface area contributed by atoms with Crippen LogP contribution in [-0.2, 0) is 0 Å². The zero-order valence-electron chi connectivity index (χ0n) is 9.09. The fraction of sp³-hybridized carbons (Fsp3) is 0.455. The zero-order chi connectivity index (χ0) is 11.5. The van der Waals surface area contributed by atoms with Crippen molar-refractivity contribution < 1.29 is 9.13 Å². The molecule has 0 bridgehead atoms. The van der Waals surface area contributed by atoms with Crippen molar-refractivity contribution >= 4 is 28.3 Å². The number of rotatable bonds is 2. The second kappa shape index (κ2) is 5.18. The first-order valence-corrected chi connectivity index (χ1v) is 6.29. The first kappa shape index (κ1) is 11.9. The summed E-state index contributed by atoms with van der Waals surface area (Å²) in [5.41, 5.74) is 0.638. The molecule has 0 atom stereocenters. The third kappa shape index (κ3) is 2.40. The van der Waals surface area contributed by atoms with Crippen molar-refractivity contribution in [1.29, 1.82) is 0 Å². The van der Waals surface area contributed by atoms with Crippen LogP contribution in [0.3, 0.4) is 0 Å². The highest BCUT2D eigenvalue weighted by atomic mass is 127. The summed E-state index contributed by atoms with van der Waals surface area (Å²) in [7, 11) is 1.61. The van der Waals surface area contributed by atoms with Crippen molar-refractivity contribution in [1.82, 2.24) is 5.32 Å². The van der Waals surface area contributed by atoms with E-state index in [0.29, 0.717) is 5.69 Å². The van der Waals surface area contributed by atoms with Crippen molar-refractivity contribution in [3.05, 3.63) is 21.5 Å². The minimum absolute atomic E-state index is 0.174. The van der Waals surface area contributed by atoms with Crippen LogP contribution < -0.4 is 15.0 Å². The van der Waals surface area contributed by atoms with E-state index in [-0.39, 0.29) is 5.82 Å². The maximum atomic E-state index is 13.8. The highest BCUT2D eigenvalue weighted by Crippen LogP contribution is 2.30. The van der Waals surface area contributed by atoms with Crippen molar-refractivity contribution in [2.24, 2.45) is 0 Å². The number of hydrogen-bond acceptors (Lipinski definition) is 3. The van der Waals surface area contributed by atoms with Gasteiger partial charge in [0.05, 0.1) is 16.4 Å². The van der Waals surface area contributed by atoms with E-state index in [1.165, 1.54) is 6.07 Å². The van der Waals surface area contributed by atoms with Crippen LogP contribution in [0.25, 0.3) is 0 Å². The largest absolute Gasteiger partial charge is 0.496 e. The average Bonchev–Trinajstić information content (AvgIpc) is 2.30. The summed E-state index contributed by atoms with van der Waals surface area (Å²) in [5.74, 6) is 0.558. The van der Waals surface area contributed by atoms with Crippen molar-refractivity contribution in [2.75, 3.05) is 38.2 Å². The summed E-state index contributed by atoms with van der Waals surface area (Å²) < 4.78 is 19.8. The molecule has 0 aliphatic carbocycles. The normalized spacial score (nSPS) is 16.3. The smallest absolute Gasteiger partial charge is 0.147 e. The quantitative estimate of drug-likeness (QED) is 0.835. The van der Waals surface area contributed by atoms with Gasteiger partial charge >= 0.3 is 0 Å². The van der Waals surface area contributed by atoms with E-state index in [1.54, 1.807) is 13.2 Å². The van der Waals surface area contributed by atoms with Crippen LogP contribution in [-0.4, -0.2) is 33.3 Å². The monoisotopic (exact) mass is 336 g/mol. The number of anilines is 1. The highest BCUT2D eigenvalue weighted by molar-refractivity contribution is 14.1. The van der Waals surface area contributed by atoms with Gasteiger partial charge in [0.15, 0.2) is 0 Å². The van der Waals surface area contributed by atoms with E-state index in [9.17, 15) is 4.39 Å². The molecule has 0 radical (unpaired) electrons. The Kier molecular flexibility index (Phi) is 3.86. The molecule has 0 saturated carbocycles. The molecule has 1 aromatic carbocycles. The number of nitrogens with one attached hydrogen (secondary N) is 1. The van der Waals surface area contributed by atoms with Crippen LogP contribution >= 0.6 is 22.6 Å². The van der Waals surface area contributed by atoms with Gasteiger partial charge in [-0.25, -0.2) is 4.39 Å². The Morgan fingerprint density at radius 1 is 1.38 bits per heavy atom. The molecule has 0 spiro atoms. The summed E-state index contributed by atoms with van der Waals surface area (Å²) in [4.78, 5) is 2.05. The number of ether oxygens (including phenoxy) is 1. The molecule has 0 unspecified atom stereocenters. The molecule has 1 aliphatic heterocycles. The predicted molar refractivity (Wildman–Crippen MR) is 70.8 cm³/mol. The summed E-state index contributed by atoms with van der Waals surface area (Å²) in [6.45, 7) is 3.46. The number of piperazine rings is 1. The van der Waals surface area contributed by atoms with Crippen molar-refractivity contribution in [3.8, 4) is 5.75 Å². The Morgan fingerprint density at radius 3 is 2.69 bits per heavy atom. The van der Waals surface area contributed by atoms with E-state index < -0.39 is 0 Å². The lowest BCUT2D eigenvalue weighted by atomic mass is 10.2. The molecule has 1 N–H and O–H groups in total. The first-order valence-electron chi connectivity index (χ1n) is 5.21. The van der Waals surface area contributed by atoms with Crippen LogP contribution in [0, 0.1) is 9.39 Å². The van der Waals surface area contributed by atoms with Gasteiger partial charge in [-0.3, -0.25) is 0 Å². The van der Waals surface area contributed by atoms with Gasteiger partial charge in [0, 0.05) is 32.2 Å². The van der Waals surface area contributed by atoms with E-state index in [0.717, 1.165) is 35.5 Å². The van der Waals surface area contributed by atoms with E-state index in [2.05, 4.69) is 27.9 Å². The number of benzene rings is 1. The highest BCUT2D eigenvalue weighted by Gasteiger charge is 2.16. The predicted octanol–water partition coefficient (Wildman–Crippen LogP) is 1.85. The zero-order valence-corrected chi connectivity index (χ0v) is 11.3. The minimum Gasteiger partial charge on any atom is -0.496 e. The van der Waals surface area contributed by atoms with Gasteiger partial charge in [-0.2, -0.15) is 0 Å². The van der Waals surface area contributed by atoms with E-state index in [4.69, 9.17) is 4.74 Å². The minimum atomic E-state index is -0.174. The number of nitrogens with zero attached hydrogens (tertiary/aromatic N) is 1. The number of methoxy groups -OCH3 is 1. The average molecular weight is 336 g/mol.